The molecule has 2 saturated heterocycles. The van der Waals surface area contributed by atoms with E-state index in [0.717, 1.165) is 18.2 Å². The van der Waals surface area contributed by atoms with Crippen LogP contribution in [0.3, 0.4) is 0 Å². The average Bonchev–Trinajstić information content (AvgIpc) is 3.14. The predicted octanol–water partition coefficient (Wildman–Crippen LogP) is 0.918. The molecule has 10 nitrogen and oxygen atoms in total. The third-order valence-corrected chi connectivity index (χ3v) is 6.18. The molecular weight excluding hydrogens is 398 g/mol. The third-order valence-electron chi connectivity index (χ3n) is 4.96. The summed E-state index contributed by atoms with van der Waals surface area (Å²) in [5, 5.41) is 0.786. The first-order chi connectivity index (χ1) is 14.0. The van der Waals surface area contributed by atoms with Crippen molar-refractivity contribution in [2.75, 3.05) is 50.9 Å². The number of anilines is 1. The standard InChI is InChI=1S/C18H27N5O5S/c1-3-28-18(26)23-6-4-13(5-7-23)15(24)20-21-16(25)14-12(2)19-17(29-14)22-8-10-27-11-9-22/h13H,3-11H2,1-2H3,(H,20,24)(H,21,25). The lowest BCUT2D eigenvalue weighted by atomic mass is 9.96. The molecule has 0 radical (unpaired) electrons. The molecule has 0 unspecified atom stereocenters. The van der Waals surface area contributed by atoms with Gasteiger partial charge in [-0.2, -0.15) is 0 Å². The Morgan fingerprint density at radius 1 is 1.17 bits per heavy atom. The van der Waals surface area contributed by atoms with Gasteiger partial charge in [-0.25, -0.2) is 9.78 Å². The van der Waals surface area contributed by atoms with Gasteiger partial charge in [-0.3, -0.25) is 20.4 Å². The van der Waals surface area contributed by atoms with Crippen LogP contribution in [0.4, 0.5) is 9.93 Å². The summed E-state index contributed by atoms with van der Waals surface area (Å²) < 4.78 is 10.3. The fraction of sp³-hybridized carbons (Fsp3) is 0.667. The maximum Gasteiger partial charge on any atom is 0.409 e. The van der Waals surface area contributed by atoms with Gasteiger partial charge < -0.3 is 19.3 Å². The van der Waals surface area contributed by atoms with E-state index in [-0.39, 0.29) is 23.8 Å². The van der Waals surface area contributed by atoms with Crippen molar-refractivity contribution in [3.05, 3.63) is 10.6 Å². The van der Waals surface area contributed by atoms with Crippen LogP contribution in [0.25, 0.3) is 0 Å². The molecule has 2 aliphatic rings. The summed E-state index contributed by atoms with van der Waals surface area (Å²) in [5.41, 5.74) is 5.63. The number of hydrogen-bond acceptors (Lipinski definition) is 8. The normalized spacial score (nSPS) is 17.7. The Labute approximate surface area is 173 Å². The molecule has 2 fully saturated rings. The van der Waals surface area contributed by atoms with Crippen molar-refractivity contribution in [1.82, 2.24) is 20.7 Å². The number of hydrogen-bond donors (Lipinski definition) is 2. The fourth-order valence-corrected chi connectivity index (χ4v) is 4.31. The summed E-state index contributed by atoms with van der Waals surface area (Å²) in [6.07, 6.45) is 0.708. The van der Waals surface area contributed by atoms with Crippen LogP contribution in [0.2, 0.25) is 0 Å². The molecule has 2 aliphatic heterocycles. The maximum absolute atomic E-state index is 12.5. The maximum atomic E-state index is 12.5. The van der Waals surface area contributed by atoms with Crippen molar-refractivity contribution < 1.29 is 23.9 Å². The Bertz CT molecular complexity index is 741. The molecule has 160 valence electrons. The van der Waals surface area contributed by atoms with Crippen molar-refractivity contribution in [2.45, 2.75) is 26.7 Å². The minimum atomic E-state index is -0.378. The van der Waals surface area contributed by atoms with Crippen LogP contribution in [0.5, 0.6) is 0 Å². The first-order valence-corrected chi connectivity index (χ1v) is 10.6. The monoisotopic (exact) mass is 425 g/mol. The number of ether oxygens (including phenoxy) is 2. The number of thiazole rings is 1. The van der Waals surface area contributed by atoms with Gasteiger partial charge in [-0.05, 0) is 26.7 Å². The van der Waals surface area contributed by atoms with Crippen LogP contribution in [0.15, 0.2) is 0 Å². The van der Waals surface area contributed by atoms with Crippen molar-refractivity contribution in [3.63, 3.8) is 0 Å². The van der Waals surface area contributed by atoms with Crippen LogP contribution in [0, 0.1) is 12.8 Å². The number of carbonyl (C=O) groups excluding carboxylic acids is 3. The topological polar surface area (TPSA) is 113 Å². The molecular formula is C18H27N5O5S. The number of aromatic nitrogens is 1. The van der Waals surface area contributed by atoms with Crippen LogP contribution >= 0.6 is 11.3 Å². The molecule has 0 aliphatic carbocycles. The molecule has 3 amide bonds. The van der Waals surface area contributed by atoms with Crippen molar-refractivity contribution in [2.24, 2.45) is 5.92 Å². The summed E-state index contributed by atoms with van der Waals surface area (Å²) in [4.78, 5) is 45.2. The molecule has 0 bridgehead atoms. The van der Waals surface area contributed by atoms with E-state index in [0.29, 0.717) is 56.3 Å². The number of likely N-dealkylation sites (tertiary alicyclic amines) is 1. The number of nitrogens with zero attached hydrogens (tertiary/aromatic N) is 3. The third kappa shape index (κ3) is 5.36. The molecule has 1 aromatic heterocycles. The summed E-state index contributed by atoms with van der Waals surface area (Å²) in [6.45, 7) is 7.57. The molecule has 29 heavy (non-hydrogen) atoms. The second-order valence-electron chi connectivity index (χ2n) is 6.91. The highest BCUT2D eigenvalue weighted by Gasteiger charge is 2.28. The van der Waals surface area contributed by atoms with Crippen molar-refractivity contribution in [3.8, 4) is 0 Å². The van der Waals surface area contributed by atoms with Crippen LogP contribution in [0.1, 0.15) is 35.1 Å². The van der Waals surface area contributed by atoms with Gasteiger partial charge in [-0.1, -0.05) is 11.3 Å². The highest BCUT2D eigenvalue weighted by atomic mass is 32.1. The summed E-state index contributed by atoms with van der Waals surface area (Å²) in [5.74, 6) is -0.887. The van der Waals surface area contributed by atoms with Gasteiger partial charge in [0.25, 0.3) is 5.91 Å². The molecule has 0 aromatic carbocycles. The molecule has 0 spiro atoms. The Morgan fingerprint density at radius 2 is 1.86 bits per heavy atom. The molecule has 3 rings (SSSR count). The fourth-order valence-electron chi connectivity index (χ4n) is 3.30. The van der Waals surface area contributed by atoms with Crippen LogP contribution in [-0.2, 0) is 14.3 Å². The van der Waals surface area contributed by atoms with Crippen molar-refractivity contribution >= 4 is 34.4 Å². The number of aryl methyl sites for hydroxylation is 1. The highest BCUT2D eigenvalue weighted by molar-refractivity contribution is 7.17. The molecule has 11 heteroatoms. The minimum absolute atomic E-state index is 0.252. The zero-order valence-electron chi connectivity index (χ0n) is 16.7. The molecule has 1 aromatic rings. The lowest BCUT2D eigenvalue weighted by Crippen LogP contribution is -2.48. The Kier molecular flexibility index (Phi) is 7.26. The van der Waals surface area contributed by atoms with Gasteiger partial charge in [0.1, 0.15) is 4.88 Å². The van der Waals surface area contributed by atoms with E-state index in [1.54, 1.807) is 18.7 Å². The van der Waals surface area contributed by atoms with Crippen LogP contribution < -0.4 is 15.8 Å². The lowest BCUT2D eigenvalue weighted by molar-refractivity contribution is -0.127. The number of nitrogens with one attached hydrogen (secondary N) is 2. The van der Waals surface area contributed by atoms with Crippen LogP contribution in [-0.4, -0.2) is 73.8 Å². The number of piperidine rings is 1. The number of morpholine rings is 1. The Morgan fingerprint density at radius 3 is 2.52 bits per heavy atom. The van der Waals surface area contributed by atoms with E-state index < -0.39 is 0 Å². The van der Waals surface area contributed by atoms with E-state index in [1.165, 1.54) is 11.3 Å². The zero-order valence-corrected chi connectivity index (χ0v) is 17.5. The number of rotatable bonds is 4. The average molecular weight is 426 g/mol. The lowest BCUT2D eigenvalue weighted by Gasteiger charge is -2.30. The van der Waals surface area contributed by atoms with Gasteiger partial charge in [0.2, 0.25) is 5.91 Å². The molecule has 2 N–H and O–H groups in total. The van der Waals surface area contributed by atoms with Gasteiger partial charge >= 0.3 is 6.09 Å². The Balaban J connectivity index is 1.47. The highest BCUT2D eigenvalue weighted by Crippen LogP contribution is 2.26. The van der Waals surface area contributed by atoms with E-state index in [2.05, 4.69) is 20.7 Å². The molecule has 3 heterocycles. The number of amides is 3. The Hall–Kier alpha value is -2.40. The molecule has 0 saturated carbocycles. The predicted molar refractivity (Wildman–Crippen MR) is 107 cm³/mol. The molecule has 0 atom stereocenters. The van der Waals surface area contributed by atoms with E-state index in [1.807, 2.05) is 0 Å². The largest absolute Gasteiger partial charge is 0.450 e. The number of hydrazine groups is 1. The van der Waals surface area contributed by atoms with Gasteiger partial charge in [0, 0.05) is 32.1 Å². The van der Waals surface area contributed by atoms with E-state index in [4.69, 9.17) is 9.47 Å². The zero-order chi connectivity index (χ0) is 20.8. The number of carbonyl (C=O) groups is 3. The minimum Gasteiger partial charge on any atom is -0.450 e. The van der Waals surface area contributed by atoms with E-state index >= 15 is 0 Å². The summed E-state index contributed by atoms with van der Waals surface area (Å²) >= 11 is 1.31. The van der Waals surface area contributed by atoms with Crippen molar-refractivity contribution in [1.29, 1.82) is 0 Å². The summed E-state index contributed by atoms with van der Waals surface area (Å²) in [7, 11) is 0. The van der Waals surface area contributed by atoms with Gasteiger partial charge in [0.15, 0.2) is 5.13 Å². The summed E-state index contributed by atoms with van der Waals surface area (Å²) in [6, 6.07) is 0. The van der Waals surface area contributed by atoms with E-state index in [9.17, 15) is 14.4 Å². The second-order valence-corrected chi connectivity index (χ2v) is 7.89. The smallest absolute Gasteiger partial charge is 0.409 e. The first kappa shape index (κ1) is 21.3. The quantitative estimate of drug-likeness (QED) is 0.690. The SMILES string of the molecule is CCOC(=O)N1CCC(C(=O)NNC(=O)c2sc(N3CCOCC3)nc2C)CC1. The first-order valence-electron chi connectivity index (χ1n) is 9.81. The second kappa shape index (κ2) is 9.88. The van der Waals surface area contributed by atoms with Gasteiger partial charge in [-0.15, -0.1) is 0 Å². The van der Waals surface area contributed by atoms with Gasteiger partial charge in [0.05, 0.1) is 25.5 Å².